The molecule has 7 nitrogen and oxygen atoms in total. The largest absolute Gasteiger partial charge is 0.456 e. The van der Waals surface area contributed by atoms with Gasteiger partial charge >= 0.3 is 0 Å². The van der Waals surface area contributed by atoms with E-state index in [1.165, 1.54) is 11.3 Å². The number of nitrogens with one attached hydrogen (secondary N) is 1. The zero-order chi connectivity index (χ0) is 17.3. The van der Waals surface area contributed by atoms with E-state index in [1.807, 2.05) is 36.0 Å². The van der Waals surface area contributed by atoms with Gasteiger partial charge in [0.05, 0.1) is 5.69 Å². The molecule has 3 rings (SSSR count). The van der Waals surface area contributed by atoms with Gasteiger partial charge in [0.15, 0.2) is 10.9 Å². The van der Waals surface area contributed by atoms with Crippen LogP contribution in [0.4, 0.5) is 5.13 Å². The topological polar surface area (TPSA) is 103 Å². The van der Waals surface area contributed by atoms with Crippen LogP contribution in [0.25, 0.3) is 11.3 Å². The number of furan rings is 1. The second-order valence-electron chi connectivity index (χ2n) is 5.28. The van der Waals surface area contributed by atoms with Gasteiger partial charge in [0.2, 0.25) is 5.91 Å². The minimum Gasteiger partial charge on any atom is -0.456 e. The average Bonchev–Trinajstić information content (AvgIpc) is 3.26. The average molecular weight is 344 g/mol. The van der Waals surface area contributed by atoms with Crippen molar-refractivity contribution in [2.75, 3.05) is 5.32 Å². The molecule has 3 aromatic heterocycles. The molecule has 8 heteroatoms. The molecule has 2 amide bonds. The van der Waals surface area contributed by atoms with E-state index in [4.69, 9.17) is 10.2 Å². The summed E-state index contributed by atoms with van der Waals surface area (Å²) in [6, 6.07) is 4.94. The second kappa shape index (κ2) is 6.32. The van der Waals surface area contributed by atoms with Crippen LogP contribution in [-0.4, -0.2) is 21.4 Å². The number of aryl methyl sites for hydroxylation is 1. The summed E-state index contributed by atoms with van der Waals surface area (Å²) in [6.07, 6.45) is 3.66. The Bertz CT molecular complexity index is 879. The number of hydrogen-bond donors (Lipinski definition) is 2. The normalized spacial score (nSPS) is 12.1. The summed E-state index contributed by atoms with van der Waals surface area (Å²) in [4.78, 5) is 27.8. The molecule has 0 bridgehead atoms. The van der Waals surface area contributed by atoms with E-state index in [9.17, 15) is 9.59 Å². The van der Waals surface area contributed by atoms with Crippen molar-refractivity contribution < 1.29 is 14.0 Å². The van der Waals surface area contributed by atoms with Crippen molar-refractivity contribution in [2.45, 2.75) is 19.9 Å². The summed E-state index contributed by atoms with van der Waals surface area (Å²) in [6.45, 7) is 3.54. The molecule has 0 aliphatic rings. The number of primary amides is 1. The minimum atomic E-state index is -0.631. The Morgan fingerprint density at radius 1 is 1.38 bits per heavy atom. The van der Waals surface area contributed by atoms with Gasteiger partial charge in [-0.25, -0.2) is 4.98 Å². The van der Waals surface area contributed by atoms with Gasteiger partial charge in [-0.2, -0.15) is 0 Å². The van der Waals surface area contributed by atoms with Crippen LogP contribution in [-0.2, 0) is 4.79 Å². The predicted octanol–water partition coefficient (Wildman–Crippen LogP) is 2.81. The van der Waals surface area contributed by atoms with Crippen LogP contribution in [0.3, 0.4) is 0 Å². The quantitative estimate of drug-likeness (QED) is 0.742. The number of nitrogens with zero attached hydrogens (tertiary/aromatic N) is 2. The molecule has 0 saturated heterocycles. The van der Waals surface area contributed by atoms with Crippen LogP contribution < -0.4 is 11.1 Å². The van der Waals surface area contributed by atoms with Crippen LogP contribution in [0.1, 0.15) is 29.3 Å². The lowest BCUT2D eigenvalue weighted by molar-refractivity contribution is -0.118. The van der Waals surface area contributed by atoms with E-state index in [-0.39, 0.29) is 17.7 Å². The number of amides is 2. The summed E-state index contributed by atoms with van der Waals surface area (Å²) >= 11 is 1.30. The third-order valence-corrected chi connectivity index (χ3v) is 4.38. The van der Waals surface area contributed by atoms with Crippen molar-refractivity contribution in [1.82, 2.24) is 9.55 Å². The van der Waals surface area contributed by atoms with E-state index in [0.29, 0.717) is 22.1 Å². The van der Waals surface area contributed by atoms with E-state index >= 15 is 0 Å². The molecule has 0 aliphatic carbocycles. The molecule has 0 fully saturated rings. The highest BCUT2D eigenvalue weighted by molar-refractivity contribution is 7.14. The first-order valence-electron chi connectivity index (χ1n) is 7.25. The number of nitrogens with two attached hydrogens (primary N) is 1. The molecule has 0 aliphatic heterocycles. The third kappa shape index (κ3) is 3.09. The van der Waals surface area contributed by atoms with Gasteiger partial charge in [-0.15, -0.1) is 11.3 Å². The lowest BCUT2D eigenvalue weighted by Crippen LogP contribution is -2.22. The highest BCUT2D eigenvalue weighted by Gasteiger charge is 2.18. The smallest absolute Gasteiger partial charge is 0.284 e. The lowest BCUT2D eigenvalue weighted by Gasteiger charge is -2.12. The molecule has 1 atom stereocenters. The Kier molecular flexibility index (Phi) is 4.22. The molecule has 0 aromatic carbocycles. The van der Waals surface area contributed by atoms with E-state index in [1.54, 1.807) is 18.4 Å². The summed E-state index contributed by atoms with van der Waals surface area (Å²) in [5.74, 6) is -0.155. The Labute approximate surface area is 142 Å². The fourth-order valence-electron chi connectivity index (χ4n) is 2.26. The summed E-state index contributed by atoms with van der Waals surface area (Å²) in [7, 11) is 0. The molecule has 0 saturated carbocycles. The van der Waals surface area contributed by atoms with Crippen LogP contribution in [0.2, 0.25) is 0 Å². The SMILES string of the molecule is Cc1oc(C(N)=O)cc1-c1csc(NC(=O)[C@H](C)n2cccc2)n1. The molecule has 124 valence electrons. The number of carbonyl (C=O) groups is 2. The highest BCUT2D eigenvalue weighted by atomic mass is 32.1. The Balaban J connectivity index is 1.76. The van der Waals surface area contributed by atoms with E-state index in [0.717, 1.165) is 0 Å². The Morgan fingerprint density at radius 3 is 2.71 bits per heavy atom. The maximum absolute atomic E-state index is 12.3. The van der Waals surface area contributed by atoms with Gasteiger partial charge in [0, 0.05) is 23.3 Å². The molecule has 24 heavy (non-hydrogen) atoms. The summed E-state index contributed by atoms with van der Waals surface area (Å²) < 4.78 is 7.12. The maximum Gasteiger partial charge on any atom is 0.284 e. The molecule has 0 unspecified atom stereocenters. The van der Waals surface area contributed by atoms with Crippen molar-refractivity contribution >= 4 is 28.3 Å². The summed E-state index contributed by atoms with van der Waals surface area (Å²) in [5.41, 5.74) is 6.52. The van der Waals surface area contributed by atoms with Gasteiger partial charge in [-0.05, 0) is 32.0 Å². The minimum absolute atomic E-state index is 0.0855. The number of rotatable bonds is 5. The first kappa shape index (κ1) is 16.0. The van der Waals surface area contributed by atoms with Gasteiger partial charge in [0.1, 0.15) is 11.8 Å². The standard InChI is InChI=1S/C16H16N4O3S/c1-9(20-5-3-4-6-20)15(22)19-16-18-12(8-24-16)11-7-13(14(17)21)23-10(11)2/h3-9H,1-2H3,(H2,17,21)(H,18,19,22)/t9-/m0/s1. The Morgan fingerprint density at radius 2 is 2.08 bits per heavy atom. The van der Waals surface area contributed by atoms with Crippen LogP contribution >= 0.6 is 11.3 Å². The first-order valence-corrected chi connectivity index (χ1v) is 8.13. The predicted molar refractivity (Wildman–Crippen MR) is 90.8 cm³/mol. The monoisotopic (exact) mass is 344 g/mol. The number of hydrogen-bond acceptors (Lipinski definition) is 5. The number of carbonyl (C=O) groups excluding carboxylic acids is 2. The fraction of sp³-hybridized carbons (Fsp3) is 0.188. The van der Waals surface area contributed by atoms with Gasteiger partial charge in [-0.3, -0.25) is 9.59 Å². The molecule has 3 aromatic rings. The number of anilines is 1. The summed E-state index contributed by atoms with van der Waals surface area (Å²) in [5, 5.41) is 5.07. The number of thiazole rings is 1. The molecule has 3 N–H and O–H groups in total. The zero-order valence-corrected chi connectivity index (χ0v) is 14.0. The molecule has 3 heterocycles. The van der Waals surface area contributed by atoms with E-state index in [2.05, 4.69) is 10.3 Å². The maximum atomic E-state index is 12.3. The van der Waals surface area contributed by atoms with Crippen molar-refractivity contribution in [3.8, 4) is 11.3 Å². The van der Waals surface area contributed by atoms with Crippen molar-refractivity contribution in [3.05, 3.63) is 47.5 Å². The van der Waals surface area contributed by atoms with Crippen molar-refractivity contribution in [3.63, 3.8) is 0 Å². The lowest BCUT2D eigenvalue weighted by atomic mass is 10.2. The molecule has 0 radical (unpaired) electrons. The molecular formula is C16H16N4O3S. The zero-order valence-electron chi connectivity index (χ0n) is 13.1. The van der Waals surface area contributed by atoms with Crippen LogP contribution in [0, 0.1) is 6.92 Å². The second-order valence-corrected chi connectivity index (χ2v) is 6.14. The first-order chi connectivity index (χ1) is 11.5. The fourth-order valence-corrected chi connectivity index (χ4v) is 2.98. The molecular weight excluding hydrogens is 328 g/mol. The van der Waals surface area contributed by atoms with Crippen LogP contribution in [0.5, 0.6) is 0 Å². The Hall–Kier alpha value is -2.87. The molecule has 0 spiro atoms. The van der Waals surface area contributed by atoms with Crippen molar-refractivity contribution in [2.24, 2.45) is 5.73 Å². The third-order valence-electron chi connectivity index (χ3n) is 3.63. The van der Waals surface area contributed by atoms with Crippen molar-refractivity contribution in [1.29, 1.82) is 0 Å². The van der Waals surface area contributed by atoms with E-state index < -0.39 is 5.91 Å². The highest BCUT2D eigenvalue weighted by Crippen LogP contribution is 2.30. The van der Waals surface area contributed by atoms with Gasteiger partial charge in [0.25, 0.3) is 5.91 Å². The van der Waals surface area contributed by atoms with Gasteiger partial charge in [-0.1, -0.05) is 0 Å². The van der Waals surface area contributed by atoms with Gasteiger partial charge < -0.3 is 20.0 Å². The number of aromatic nitrogens is 2. The van der Waals surface area contributed by atoms with Crippen LogP contribution in [0.15, 0.2) is 40.4 Å².